The zero-order chi connectivity index (χ0) is 16.1. The van der Waals surface area contributed by atoms with Crippen molar-refractivity contribution in [3.05, 3.63) is 65.5 Å². The molecule has 0 aliphatic carbocycles. The van der Waals surface area contributed by atoms with Crippen LogP contribution in [-0.2, 0) is 6.61 Å². The number of ether oxygens (including phenoxy) is 1. The average molecular weight is 309 g/mol. The standard InChI is InChI=1S/C16H15N5O2/c1-11-6-8-12(9-7-11)16(22)17-13-4-2-3-5-14(13)23-10-15-18-20-21-19-15/h2-9H,10H2,1H3,(H,17,22)(H,18,19,20,21). The van der Waals surface area contributed by atoms with Crippen LogP contribution in [-0.4, -0.2) is 26.5 Å². The summed E-state index contributed by atoms with van der Waals surface area (Å²) in [5, 5.41) is 16.3. The summed E-state index contributed by atoms with van der Waals surface area (Å²) in [5.41, 5.74) is 2.27. The molecule has 2 aromatic carbocycles. The molecule has 1 heterocycles. The van der Waals surface area contributed by atoms with E-state index in [4.69, 9.17) is 4.74 Å². The number of aryl methyl sites for hydroxylation is 1. The van der Waals surface area contributed by atoms with Crippen LogP contribution in [0.25, 0.3) is 0 Å². The quantitative estimate of drug-likeness (QED) is 0.754. The van der Waals surface area contributed by atoms with E-state index in [2.05, 4.69) is 25.9 Å². The number of aromatic nitrogens is 4. The zero-order valence-electron chi connectivity index (χ0n) is 12.5. The van der Waals surface area contributed by atoms with Gasteiger partial charge in [0.2, 0.25) is 5.82 Å². The van der Waals surface area contributed by atoms with Crippen molar-refractivity contribution in [1.82, 2.24) is 20.6 Å². The Morgan fingerprint density at radius 1 is 1.17 bits per heavy atom. The van der Waals surface area contributed by atoms with Gasteiger partial charge in [0.05, 0.1) is 5.69 Å². The molecule has 23 heavy (non-hydrogen) atoms. The molecular weight excluding hydrogens is 294 g/mol. The molecular formula is C16H15N5O2. The van der Waals surface area contributed by atoms with Crippen molar-refractivity contribution < 1.29 is 9.53 Å². The number of carbonyl (C=O) groups excluding carboxylic acids is 1. The first-order valence-corrected chi connectivity index (χ1v) is 7.04. The van der Waals surface area contributed by atoms with E-state index in [1.165, 1.54) is 0 Å². The number of amides is 1. The van der Waals surface area contributed by atoms with E-state index < -0.39 is 0 Å². The smallest absolute Gasteiger partial charge is 0.255 e. The lowest BCUT2D eigenvalue weighted by molar-refractivity contribution is 0.102. The van der Waals surface area contributed by atoms with E-state index in [1.54, 1.807) is 24.3 Å². The van der Waals surface area contributed by atoms with E-state index >= 15 is 0 Å². The minimum absolute atomic E-state index is 0.161. The number of hydrogen-bond donors (Lipinski definition) is 2. The molecule has 7 heteroatoms. The number of nitrogens with zero attached hydrogens (tertiary/aromatic N) is 3. The van der Waals surface area contributed by atoms with Crippen molar-refractivity contribution in [3.8, 4) is 5.75 Å². The van der Waals surface area contributed by atoms with Gasteiger partial charge in [-0.25, -0.2) is 0 Å². The van der Waals surface area contributed by atoms with Gasteiger partial charge in [0.1, 0.15) is 5.75 Å². The second kappa shape index (κ2) is 6.69. The molecule has 116 valence electrons. The van der Waals surface area contributed by atoms with Crippen LogP contribution in [0.1, 0.15) is 21.7 Å². The molecule has 0 radical (unpaired) electrons. The van der Waals surface area contributed by atoms with Gasteiger partial charge in [0.25, 0.3) is 5.91 Å². The van der Waals surface area contributed by atoms with Crippen molar-refractivity contribution in [2.45, 2.75) is 13.5 Å². The topological polar surface area (TPSA) is 92.8 Å². The number of carbonyl (C=O) groups is 1. The second-order valence-corrected chi connectivity index (χ2v) is 4.93. The Morgan fingerprint density at radius 2 is 1.96 bits per heavy atom. The van der Waals surface area contributed by atoms with Gasteiger partial charge >= 0.3 is 0 Å². The molecule has 0 saturated heterocycles. The molecule has 1 aromatic heterocycles. The fourth-order valence-electron chi connectivity index (χ4n) is 1.98. The molecule has 3 rings (SSSR count). The fraction of sp³-hybridized carbons (Fsp3) is 0.125. The van der Waals surface area contributed by atoms with Crippen LogP contribution < -0.4 is 10.1 Å². The Hall–Kier alpha value is -3.22. The number of H-pyrrole nitrogens is 1. The Bertz CT molecular complexity index is 784. The first-order chi connectivity index (χ1) is 11.2. The third kappa shape index (κ3) is 3.70. The number of hydrogen-bond acceptors (Lipinski definition) is 5. The number of tetrazole rings is 1. The summed E-state index contributed by atoms with van der Waals surface area (Å²) < 4.78 is 5.64. The summed E-state index contributed by atoms with van der Waals surface area (Å²) in [6.07, 6.45) is 0. The molecule has 2 N–H and O–H groups in total. The Balaban J connectivity index is 1.72. The molecule has 7 nitrogen and oxygen atoms in total. The lowest BCUT2D eigenvalue weighted by Crippen LogP contribution is -2.13. The maximum atomic E-state index is 12.3. The maximum Gasteiger partial charge on any atom is 0.255 e. The van der Waals surface area contributed by atoms with Crippen LogP contribution in [0.3, 0.4) is 0 Å². The van der Waals surface area contributed by atoms with Gasteiger partial charge in [-0.1, -0.05) is 35.0 Å². The Labute approximate surface area is 132 Å². The SMILES string of the molecule is Cc1ccc(C(=O)Nc2ccccc2OCc2nn[nH]n2)cc1. The molecule has 0 bridgehead atoms. The van der Waals surface area contributed by atoms with Gasteiger partial charge in [0.15, 0.2) is 6.61 Å². The highest BCUT2D eigenvalue weighted by Gasteiger charge is 2.10. The highest BCUT2D eigenvalue weighted by molar-refractivity contribution is 6.05. The maximum absolute atomic E-state index is 12.3. The first kappa shape index (κ1) is 14.7. The first-order valence-electron chi connectivity index (χ1n) is 7.04. The minimum atomic E-state index is -0.194. The van der Waals surface area contributed by atoms with Crippen molar-refractivity contribution >= 4 is 11.6 Å². The number of benzene rings is 2. The minimum Gasteiger partial charge on any atom is -0.483 e. The third-order valence-corrected chi connectivity index (χ3v) is 3.19. The monoisotopic (exact) mass is 309 g/mol. The van der Waals surface area contributed by atoms with Crippen LogP contribution in [0.5, 0.6) is 5.75 Å². The number of anilines is 1. The largest absolute Gasteiger partial charge is 0.483 e. The highest BCUT2D eigenvalue weighted by atomic mass is 16.5. The van der Waals surface area contributed by atoms with Crippen LogP contribution >= 0.6 is 0 Å². The third-order valence-electron chi connectivity index (χ3n) is 3.19. The molecule has 1 amide bonds. The molecule has 0 aliphatic heterocycles. The summed E-state index contributed by atoms with van der Waals surface area (Å²) in [6, 6.07) is 14.6. The van der Waals surface area contributed by atoms with Crippen molar-refractivity contribution in [2.24, 2.45) is 0 Å². The van der Waals surface area contributed by atoms with Crippen molar-refractivity contribution in [2.75, 3.05) is 5.32 Å². The molecule has 3 aromatic rings. The molecule has 0 fully saturated rings. The van der Waals surface area contributed by atoms with Gasteiger partial charge < -0.3 is 10.1 Å². The predicted molar refractivity (Wildman–Crippen MR) is 84.1 cm³/mol. The summed E-state index contributed by atoms with van der Waals surface area (Å²) in [5.74, 6) is 0.781. The van der Waals surface area contributed by atoms with E-state index in [0.717, 1.165) is 5.56 Å². The number of rotatable bonds is 5. The van der Waals surface area contributed by atoms with Crippen LogP contribution in [0, 0.1) is 6.92 Å². The fourth-order valence-corrected chi connectivity index (χ4v) is 1.98. The van der Waals surface area contributed by atoms with Crippen LogP contribution in [0.15, 0.2) is 48.5 Å². The second-order valence-electron chi connectivity index (χ2n) is 4.93. The van der Waals surface area contributed by atoms with Crippen LogP contribution in [0.4, 0.5) is 5.69 Å². The van der Waals surface area contributed by atoms with Gasteiger partial charge in [-0.2, -0.15) is 5.21 Å². The summed E-state index contributed by atoms with van der Waals surface area (Å²) in [7, 11) is 0. The lowest BCUT2D eigenvalue weighted by Gasteiger charge is -2.11. The summed E-state index contributed by atoms with van der Waals surface area (Å²) in [4.78, 5) is 12.3. The zero-order valence-corrected chi connectivity index (χ0v) is 12.5. The van der Waals surface area contributed by atoms with Gasteiger partial charge in [-0.3, -0.25) is 4.79 Å². The molecule has 0 saturated carbocycles. The highest BCUT2D eigenvalue weighted by Crippen LogP contribution is 2.25. The Kier molecular flexibility index (Phi) is 4.28. The number of nitrogens with one attached hydrogen (secondary N) is 2. The average Bonchev–Trinajstić information content (AvgIpc) is 3.08. The molecule has 0 spiro atoms. The van der Waals surface area contributed by atoms with E-state index in [-0.39, 0.29) is 12.5 Å². The van der Waals surface area contributed by atoms with Gasteiger partial charge in [-0.15, -0.1) is 10.2 Å². The molecule has 0 atom stereocenters. The van der Waals surface area contributed by atoms with Gasteiger partial charge in [-0.05, 0) is 31.2 Å². The van der Waals surface area contributed by atoms with Crippen molar-refractivity contribution in [1.29, 1.82) is 0 Å². The lowest BCUT2D eigenvalue weighted by atomic mass is 10.1. The van der Waals surface area contributed by atoms with E-state index in [9.17, 15) is 4.79 Å². The van der Waals surface area contributed by atoms with Gasteiger partial charge in [0, 0.05) is 5.56 Å². The normalized spacial score (nSPS) is 10.3. The summed E-state index contributed by atoms with van der Waals surface area (Å²) in [6.45, 7) is 2.14. The Morgan fingerprint density at radius 3 is 2.70 bits per heavy atom. The summed E-state index contributed by atoms with van der Waals surface area (Å²) >= 11 is 0. The number of para-hydroxylation sites is 2. The van der Waals surface area contributed by atoms with Crippen LogP contribution in [0.2, 0.25) is 0 Å². The predicted octanol–water partition coefficient (Wildman–Crippen LogP) is 2.34. The molecule has 0 aliphatic rings. The molecule has 0 unspecified atom stereocenters. The van der Waals surface area contributed by atoms with E-state index in [0.29, 0.717) is 22.8 Å². The number of aromatic amines is 1. The van der Waals surface area contributed by atoms with E-state index in [1.807, 2.05) is 31.2 Å². The van der Waals surface area contributed by atoms with Crippen molar-refractivity contribution in [3.63, 3.8) is 0 Å².